The highest BCUT2D eigenvalue weighted by Crippen LogP contribution is 2.19. The Hall–Kier alpha value is -0.540. The lowest BCUT2D eigenvalue weighted by molar-refractivity contribution is 0.0920. The number of hydrogen-bond donors (Lipinski definition) is 2. The van der Waals surface area contributed by atoms with E-state index in [0.29, 0.717) is 12.2 Å². The number of ether oxygens (including phenoxy) is 1. The van der Waals surface area contributed by atoms with Gasteiger partial charge in [-0.25, -0.2) is 0 Å². The van der Waals surface area contributed by atoms with E-state index in [1.807, 2.05) is 0 Å². The monoisotopic (exact) mass is 129 g/mol. The van der Waals surface area contributed by atoms with E-state index in [-0.39, 0.29) is 18.8 Å². The highest BCUT2D eigenvalue weighted by molar-refractivity contribution is 5.02. The zero-order valence-electron chi connectivity index (χ0n) is 5.21. The molecule has 1 unspecified atom stereocenters. The van der Waals surface area contributed by atoms with E-state index in [1.165, 1.54) is 0 Å². The predicted octanol–water partition coefficient (Wildman–Crippen LogP) is -0.391. The molecule has 0 bridgehead atoms. The molecule has 0 spiro atoms. The molecule has 0 saturated carbocycles. The van der Waals surface area contributed by atoms with Crippen molar-refractivity contribution in [2.75, 3.05) is 6.61 Å². The molecule has 3 heteroatoms. The van der Waals surface area contributed by atoms with E-state index >= 15 is 0 Å². The molecule has 1 heterocycles. The number of nitrogens with two attached hydrogens (primary N) is 1. The first-order valence-corrected chi connectivity index (χ1v) is 2.96. The summed E-state index contributed by atoms with van der Waals surface area (Å²) in [6.07, 6.45) is 0.572. The summed E-state index contributed by atoms with van der Waals surface area (Å²) in [6.45, 7) is 3.61. The maximum Gasteiger partial charge on any atom is 0.123 e. The summed E-state index contributed by atoms with van der Waals surface area (Å²) in [4.78, 5) is 0. The Kier molecular flexibility index (Phi) is 1.73. The van der Waals surface area contributed by atoms with Crippen molar-refractivity contribution in [2.45, 2.75) is 18.6 Å². The quantitative estimate of drug-likeness (QED) is 0.507. The van der Waals surface area contributed by atoms with Crippen molar-refractivity contribution in [1.82, 2.24) is 0 Å². The fourth-order valence-electron chi connectivity index (χ4n) is 0.876. The lowest BCUT2D eigenvalue weighted by Crippen LogP contribution is -2.18. The smallest absolute Gasteiger partial charge is 0.123 e. The van der Waals surface area contributed by atoms with Gasteiger partial charge in [0.1, 0.15) is 11.9 Å². The van der Waals surface area contributed by atoms with Gasteiger partial charge in [0.2, 0.25) is 0 Å². The number of aliphatic hydroxyl groups is 1. The Morgan fingerprint density at radius 3 is 2.78 bits per heavy atom. The van der Waals surface area contributed by atoms with Crippen LogP contribution in [0.2, 0.25) is 0 Å². The van der Waals surface area contributed by atoms with Gasteiger partial charge in [-0.3, -0.25) is 0 Å². The van der Waals surface area contributed by atoms with Gasteiger partial charge >= 0.3 is 0 Å². The van der Waals surface area contributed by atoms with Gasteiger partial charge in [0.25, 0.3) is 0 Å². The van der Waals surface area contributed by atoms with Crippen LogP contribution in [0.5, 0.6) is 0 Å². The van der Waals surface area contributed by atoms with Crippen LogP contribution >= 0.6 is 0 Å². The maximum absolute atomic E-state index is 8.58. The molecular formula is C6H11NO2. The van der Waals surface area contributed by atoms with Gasteiger partial charge < -0.3 is 15.6 Å². The van der Waals surface area contributed by atoms with Crippen LogP contribution in [-0.4, -0.2) is 23.9 Å². The molecule has 9 heavy (non-hydrogen) atoms. The molecule has 0 aliphatic carbocycles. The molecule has 1 rings (SSSR count). The number of aliphatic hydroxyl groups excluding tert-OH is 1. The Bertz CT molecular complexity index is 124. The van der Waals surface area contributed by atoms with Crippen LogP contribution in [0.15, 0.2) is 12.3 Å². The molecule has 1 saturated heterocycles. The molecule has 0 aromatic rings. The van der Waals surface area contributed by atoms with Gasteiger partial charge in [0.15, 0.2) is 0 Å². The molecular weight excluding hydrogens is 118 g/mol. The van der Waals surface area contributed by atoms with Crippen LogP contribution in [-0.2, 0) is 4.74 Å². The second-order valence-corrected chi connectivity index (χ2v) is 2.23. The molecule has 52 valence electrons. The summed E-state index contributed by atoms with van der Waals surface area (Å²) < 4.78 is 5.05. The number of hydrogen-bond acceptors (Lipinski definition) is 3. The average Bonchev–Trinajstić information content (AvgIpc) is 2.13. The SMILES string of the molecule is C=C1OC(CO)C[C@@H]1N. The van der Waals surface area contributed by atoms with Crippen molar-refractivity contribution < 1.29 is 9.84 Å². The topological polar surface area (TPSA) is 55.5 Å². The first-order chi connectivity index (χ1) is 4.24. The van der Waals surface area contributed by atoms with E-state index < -0.39 is 0 Å². The van der Waals surface area contributed by atoms with Crippen molar-refractivity contribution in [1.29, 1.82) is 0 Å². The van der Waals surface area contributed by atoms with E-state index in [0.717, 1.165) is 0 Å². The lowest BCUT2D eigenvalue weighted by atomic mass is 10.2. The Morgan fingerprint density at radius 2 is 2.56 bits per heavy atom. The average molecular weight is 129 g/mol. The minimum Gasteiger partial charge on any atom is -0.491 e. The summed E-state index contributed by atoms with van der Waals surface area (Å²) in [5.74, 6) is 0.592. The largest absolute Gasteiger partial charge is 0.491 e. The fraction of sp³-hybridized carbons (Fsp3) is 0.667. The van der Waals surface area contributed by atoms with Crippen molar-refractivity contribution in [3.8, 4) is 0 Å². The summed E-state index contributed by atoms with van der Waals surface area (Å²) in [5, 5.41) is 8.58. The minimum absolute atomic E-state index is 0.0344. The third-order valence-electron chi connectivity index (χ3n) is 1.45. The van der Waals surface area contributed by atoms with Crippen LogP contribution < -0.4 is 5.73 Å². The van der Waals surface area contributed by atoms with Crippen molar-refractivity contribution in [3.63, 3.8) is 0 Å². The minimum atomic E-state index is -0.118. The predicted molar refractivity (Wildman–Crippen MR) is 33.7 cm³/mol. The molecule has 1 aliphatic rings. The van der Waals surface area contributed by atoms with Crippen LogP contribution in [0.3, 0.4) is 0 Å². The zero-order chi connectivity index (χ0) is 6.85. The molecule has 3 nitrogen and oxygen atoms in total. The van der Waals surface area contributed by atoms with Crippen molar-refractivity contribution in [2.24, 2.45) is 5.73 Å². The normalized spacial score (nSPS) is 34.7. The van der Waals surface area contributed by atoms with Crippen LogP contribution in [0, 0.1) is 0 Å². The van der Waals surface area contributed by atoms with E-state index in [1.54, 1.807) is 0 Å². The van der Waals surface area contributed by atoms with E-state index in [2.05, 4.69) is 6.58 Å². The number of rotatable bonds is 1. The second kappa shape index (κ2) is 2.37. The van der Waals surface area contributed by atoms with Crippen molar-refractivity contribution in [3.05, 3.63) is 12.3 Å². The third-order valence-corrected chi connectivity index (χ3v) is 1.45. The van der Waals surface area contributed by atoms with Crippen molar-refractivity contribution >= 4 is 0 Å². The lowest BCUT2D eigenvalue weighted by Gasteiger charge is -2.03. The summed E-state index contributed by atoms with van der Waals surface area (Å²) >= 11 is 0. The molecule has 0 amide bonds. The van der Waals surface area contributed by atoms with Gasteiger partial charge in [-0.1, -0.05) is 6.58 Å². The summed E-state index contributed by atoms with van der Waals surface area (Å²) in [6, 6.07) is -0.0813. The Morgan fingerprint density at radius 1 is 1.89 bits per heavy atom. The molecule has 0 aromatic carbocycles. The highest BCUT2D eigenvalue weighted by Gasteiger charge is 2.25. The zero-order valence-corrected chi connectivity index (χ0v) is 5.21. The summed E-state index contributed by atoms with van der Waals surface area (Å²) in [7, 11) is 0. The van der Waals surface area contributed by atoms with Crippen LogP contribution in [0.25, 0.3) is 0 Å². The maximum atomic E-state index is 8.58. The van der Waals surface area contributed by atoms with E-state index in [9.17, 15) is 0 Å². The first-order valence-electron chi connectivity index (χ1n) is 2.96. The summed E-state index contributed by atoms with van der Waals surface area (Å²) in [5.41, 5.74) is 5.51. The van der Waals surface area contributed by atoms with Gasteiger partial charge in [0.05, 0.1) is 12.6 Å². The molecule has 2 atom stereocenters. The third kappa shape index (κ3) is 1.23. The standard InChI is InChI=1S/C6H11NO2/c1-4-6(7)2-5(3-8)9-4/h5-6,8H,1-3,7H2/t5?,6-/m0/s1. The molecule has 3 N–H and O–H groups in total. The van der Waals surface area contributed by atoms with Gasteiger partial charge in [-0.2, -0.15) is 0 Å². The Labute approximate surface area is 54.1 Å². The second-order valence-electron chi connectivity index (χ2n) is 2.23. The highest BCUT2D eigenvalue weighted by atomic mass is 16.5. The van der Waals surface area contributed by atoms with Gasteiger partial charge in [0, 0.05) is 6.42 Å². The van der Waals surface area contributed by atoms with Crippen LogP contribution in [0.1, 0.15) is 6.42 Å². The molecule has 0 aromatic heterocycles. The van der Waals surface area contributed by atoms with E-state index in [4.69, 9.17) is 15.6 Å². The first kappa shape index (κ1) is 6.58. The van der Waals surface area contributed by atoms with Crippen LogP contribution in [0.4, 0.5) is 0 Å². The molecule has 1 aliphatic heterocycles. The fourth-order valence-corrected chi connectivity index (χ4v) is 0.876. The molecule has 1 fully saturated rings. The molecule has 0 radical (unpaired) electrons. The Balaban J connectivity index is 2.44. The van der Waals surface area contributed by atoms with Gasteiger partial charge in [-0.05, 0) is 0 Å². The van der Waals surface area contributed by atoms with Gasteiger partial charge in [-0.15, -0.1) is 0 Å².